The van der Waals surface area contributed by atoms with E-state index in [1.807, 2.05) is 29.0 Å². The van der Waals surface area contributed by atoms with Crippen LogP contribution in [0.3, 0.4) is 0 Å². The van der Waals surface area contributed by atoms with E-state index >= 15 is 0 Å². The molecule has 14 heavy (non-hydrogen) atoms. The summed E-state index contributed by atoms with van der Waals surface area (Å²) in [5.41, 5.74) is -5.65. The third kappa shape index (κ3) is 5.84. The number of hydrogen-bond acceptors (Lipinski definition) is 3. The van der Waals surface area contributed by atoms with E-state index in [1.54, 1.807) is 11.3 Å². The third-order valence-corrected chi connectivity index (χ3v) is 2.02. The van der Waals surface area contributed by atoms with Gasteiger partial charge in [-0.3, -0.25) is 0 Å². The SMILES string of the molecule is O=S(=O)([O-])C(F)(F)F.c1cc[s+]cc1. The van der Waals surface area contributed by atoms with Crippen LogP contribution in [0.1, 0.15) is 0 Å². The summed E-state index contributed by atoms with van der Waals surface area (Å²) in [5.74, 6) is 0. The molecule has 0 radical (unpaired) electrons. The molecule has 0 saturated heterocycles. The van der Waals surface area contributed by atoms with Crippen LogP contribution in [0.2, 0.25) is 0 Å². The van der Waals surface area contributed by atoms with E-state index in [1.165, 1.54) is 0 Å². The molecule has 0 unspecified atom stereocenters. The van der Waals surface area contributed by atoms with E-state index in [9.17, 15) is 13.2 Å². The van der Waals surface area contributed by atoms with E-state index < -0.39 is 15.6 Å². The lowest BCUT2D eigenvalue weighted by Gasteiger charge is -2.08. The lowest BCUT2D eigenvalue weighted by molar-refractivity contribution is -0.0517. The highest BCUT2D eigenvalue weighted by Crippen LogP contribution is 2.20. The molecule has 1 heterocycles. The van der Waals surface area contributed by atoms with Crippen LogP contribution < -0.4 is 0 Å². The topological polar surface area (TPSA) is 57.2 Å². The van der Waals surface area contributed by atoms with Gasteiger partial charge < -0.3 is 4.55 Å². The fourth-order valence-corrected chi connectivity index (χ4v) is 0.745. The molecule has 1 rings (SSSR count). The first-order chi connectivity index (χ1) is 6.25. The molecule has 0 aliphatic carbocycles. The number of rotatable bonds is 0. The van der Waals surface area contributed by atoms with Gasteiger partial charge in [0.05, 0.1) is 0 Å². The second-order valence-corrected chi connectivity index (χ2v) is 4.07. The van der Waals surface area contributed by atoms with E-state index in [-0.39, 0.29) is 0 Å². The maximum atomic E-state index is 10.7. The Morgan fingerprint density at radius 3 is 1.50 bits per heavy atom. The molecule has 8 heteroatoms. The summed E-state index contributed by atoms with van der Waals surface area (Å²) in [6.45, 7) is 0. The highest BCUT2D eigenvalue weighted by molar-refractivity contribution is 7.86. The van der Waals surface area contributed by atoms with Crippen LogP contribution >= 0.6 is 11.3 Å². The van der Waals surface area contributed by atoms with Crippen molar-refractivity contribution in [2.45, 2.75) is 5.51 Å². The summed E-state index contributed by atoms with van der Waals surface area (Å²) in [6.07, 6.45) is 0. The van der Waals surface area contributed by atoms with Crippen LogP contribution in [0.5, 0.6) is 0 Å². The Bertz CT molecular complexity index is 320. The van der Waals surface area contributed by atoms with Crippen LogP contribution in [0.15, 0.2) is 29.0 Å². The maximum absolute atomic E-state index is 10.7. The summed E-state index contributed by atoms with van der Waals surface area (Å²) in [5, 5.41) is 4.08. The van der Waals surface area contributed by atoms with Gasteiger partial charge in [0.15, 0.2) is 20.9 Å². The van der Waals surface area contributed by atoms with Gasteiger partial charge in [-0.15, -0.1) is 0 Å². The van der Waals surface area contributed by atoms with Gasteiger partial charge in [0, 0.05) is 0 Å². The molecule has 1 aromatic rings. The second-order valence-electron chi connectivity index (χ2n) is 1.89. The van der Waals surface area contributed by atoms with Crippen LogP contribution in [0.4, 0.5) is 13.2 Å². The Labute approximate surface area is 82.6 Å². The Morgan fingerprint density at radius 1 is 1.07 bits per heavy atom. The van der Waals surface area contributed by atoms with Gasteiger partial charge in [0.25, 0.3) is 0 Å². The van der Waals surface area contributed by atoms with Gasteiger partial charge in [-0.25, -0.2) is 8.42 Å². The largest absolute Gasteiger partial charge is 0.741 e. The Hall–Kier alpha value is -0.730. The minimum Gasteiger partial charge on any atom is -0.741 e. The summed E-state index contributed by atoms with van der Waals surface area (Å²) in [4.78, 5) is 0. The molecule has 0 aliphatic rings. The fraction of sp³-hybridized carbons (Fsp3) is 0.167. The zero-order chi connectivity index (χ0) is 11.2. The molecular weight excluding hydrogens is 241 g/mol. The molecule has 1 aromatic heterocycles. The highest BCUT2D eigenvalue weighted by atomic mass is 32.2. The highest BCUT2D eigenvalue weighted by Gasteiger charge is 2.36. The van der Waals surface area contributed by atoms with Crippen LogP contribution in [0.25, 0.3) is 0 Å². The van der Waals surface area contributed by atoms with Crippen molar-refractivity contribution in [1.29, 1.82) is 0 Å². The van der Waals surface area contributed by atoms with Gasteiger partial charge in [-0.05, 0) is 12.1 Å². The van der Waals surface area contributed by atoms with Crippen LogP contribution in [-0.4, -0.2) is 18.5 Å². The van der Waals surface area contributed by atoms with Gasteiger partial charge in [0.1, 0.15) is 0 Å². The lowest BCUT2D eigenvalue weighted by atomic mass is 10.6. The molecule has 80 valence electrons. The summed E-state index contributed by atoms with van der Waals surface area (Å²) >= 11 is 1.70. The Morgan fingerprint density at radius 2 is 1.43 bits per heavy atom. The normalized spacial score (nSPS) is 11.4. The van der Waals surface area contributed by atoms with Crippen molar-refractivity contribution in [3.63, 3.8) is 0 Å². The quantitative estimate of drug-likeness (QED) is 0.400. The third-order valence-electron chi connectivity index (χ3n) is 0.820. The maximum Gasteiger partial charge on any atom is 0.485 e. The molecular formula is C6H5F3O3S2. The van der Waals surface area contributed by atoms with Crippen molar-refractivity contribution in [2.24, 2.45) is 0 Å². The first-order valence-corrected chi connectivity index (χ1v) is 5.43. The number of halogens is 3. The van der Waals surface area contributed by atoms with Crippen LogP contribution in [0, 0.1) is 0 Å². The van der Waals surface area contributed by atoms with Crippen molar-refractivity contribution in [1.82, 2.24) is 0 Å². The monoisotopic (exact) mass is 246 g/mol. The van der Waals surface area contributed by atoms with Gasteiger partial charge >= 0.3 is 5.51 Å². The summed E-state index contributed by atoms with van der Waals surface area (Å²) in [7, 11) is -6.09. The molecule has 0 aliphatic heterocycles. The van der Waals surface area contributed by atoms with Gasteiger partial charge in [0.2, 0.25) is 11.3 Å². The Balaban J connectivity index is 0.000000249. The number of hydrogen-bond donors (Lipinski definition) is 0. The molecule has 3 nitrogen and oxygen atoms in total. The average Bonchev–Trinajstić information content (AvgIpc) is 2.05. The minimum absolute atomic E-state index is 1.70. The molecule has 0 N–H and O–H groups in total. The molecule has 0 bridgehead atoms. The van der Waals surface area contributed by atoms with Crippen molar-refractivity contribution >= 4 is 21.5 Å². The smallest absolute Gasteiger partial charge is 0.485 e. The van der Waals surface area contributed by atoms with Crippen molar-refractivity contribution in [3.05, 3.63) is 29.0 Å². The Kier molecular flexibility index (Phi) is 4.95. The predicted molar refractivity (Wildman–Crippen MR) is 44.5 cm³/mol. The van der Waals surface area contributed by atoms with E-state index in [0.717, 1.165) is 0 Å². The molecule has 0 amide bonds. The first-order valence-electron chi connectivity index (χ1n) is 3.08. The average molecular weight is 246 g/mol. The standard InChI is InChI=1S/C5H5S.CHF3O3S/c1-2-4-6-5-3-1;2-1(3,4)8(5,6)7/h1-5H;(H,5,6,7)/q+1;/p-1. The fourth-order valence-electron chi connectivity index (χ4n) is 0.291. The molecule has 0 aromatic carbocycles. The van der Waals surface area contributed by atoms with Crippen molar-refractivity contribution in [2.75, 3.05) is 0 Å². The van der Waals surface area contributed by atoms with Gasteiger partial charge in [-0.1, -0.05) is 6.07 Å². The molecule has 0 saturated carbocycles. The molecule has 0 fully saturated rings. The molecule has 0 spiro atoms. The van der Waals surface area contributed by atoms with Crippen molar-refractivity contribution < 1.29 is 26.1 Å². The summed E-state index contributed by atoms with van der Waals surface area (Å²) < 4.78 is 58.9. The van der Waals surface area contributed by atoms with E-state index in [2.05, 4.69) is 0 Å². The lowest BCUT2D eigenvalue weighted by Crippen LogP contribution is -2.21. The first kappa shape index (κ1) is 13.3. The van der Waals surface area contributed by atoms with Crippen LogP contribution in [-0.2, 0) is 10.1 Å². The van der Waals surface area contributed by atoms with Gasteiger partial charge in [-0.2, -0.15) is 13.2 Å². The predicted octanol–water partition coefficient (Wildman–Crippen LogP) is 2.08. The zero-order valence-corrected chi connectivity index (χ0v) is 8.19. The zero-order valence-electron chi connectivity index (χ0n) is 6.56. The minimum atomic E-state index is -6.09. The second kappa shape index (κ2) is 5.23. The van der Waals surface area contributed by atoms with Crippen molar-refractivity contribution in [3.8, 4) is 0 Å². The summed E-state index contributed by atoms with van der Waals surface area (Å²) in [6, 6.07) is 6.05. The number of alkyl halides is 3. The van der Waals surface area contributed by atoms with E-state index in [0.29, 0.717) is 0 Å². The molecule has 0 atom stereocenters. The van der Waals surface area contributed by atoms with E-state index in [4.69, 9.17) is 13.0 Å².